The fourth-order valence-electron chi connectivity index (χ4n) is 2.31. The first kappa shape index (κ1) is 13.0. The summed E-state index contributed by atoms with van der Waals surface area (Å²) in [5.74, 6) is 0.983. The lowest BCUT2D eigenvalue weighted by molar-refractivity contribution is 0.0764. The Kier molecular flexibility index (Phi) is 5.07. The lowest BCUT2D eigenvalue weighted by Gasteiger charge is -2.22. The number of aliphatic hydroxyl groups is 1. The maximum absolute atomic E-state index is 9.58. The Labute approximate surface area is 94.5 Å². The highest BCUT2D eigenvalue weighted by Gasteiger charge is 2.17. The second-order valence-electron chi connectivity index (χ2n) is 5.82. The molecule has 0 bridgehead atoms. The van der Waals surface area contributed by atoms with Crippen LogP contribution < -0.4 is 5.32 Å². The van der Waals surface area contributed by atoms with E-state index in [-0.39, 0.29) is 0 Å². The number of hydrogen-bond acceptors (Lipinski definition) is 2. The minimum atomic E-state index is -0.582. The number of nitrogens with one attached hydrogen (secondary N) is 1. The van der Waals surface area contributed by atoms with Crippen LogP contribution in [-0.2, 0) is 0 Å². The zero-order valence-corrected chi connectivity index (χ0v) is 10.6. The predicted molar refractivity (Wildman–Crippen MR) is 65.0 cm³/mol. The molecule has 0 saturated heterocycles. The first-order valence-corrected chi connectivity index (χ1v) is 6.43. The van der Waals surface area contributed by atoms with Crippen LogP contribution in [0.2, 0.25) is 0 Å². The summed E-state index contributed by atoms with van der Waals surface area (Å²) in [5, 5.41) is 13.0. The fourth-order valence-corrected chi connectivity index (χ4v) is 2.31. The van der Waals surface area contributed by atoms with Gasteiger partial charge in [-0.2, -0.15) is 0 Å². The Morgan fingerprint density at radius 1 is 1.33 bits per heavy atom. The van der Waals surface area contributed by atoms with Crippen molar-refractivity contribution in [1.29, 1.82) is 0 Å². The molecule has 1 aliphatic carbocycles. The van der Waals surface area contributed by atoms with Crippen molar-refractivity contribution in [3.63, 3.8) is 0 Å². The Balaban J connectivity index is 2.05. The minimum Gasteiger partial charge on any atom is -0.389 e. The molecule has 0 amide bonds. The maximum Gasteiger partial charge on any atom is 0.0715 e. The van der Waals surface area contributed by atoms with Gasteiger partial charge in [0, 0.05) is 12.6 Å². The fraction of sp³-hybridized carbons (Fsp3) is 1.00. The second-order valence-corrected chi connectivity index (χ2v) is 5.82. The van der Waals surface area contributed by atoms with Crippen LogP contribution in [-0.4, -0.2) is 23.3 Å². The summed E-state index contributed by atoms with van der Waals surface area (Å²) in [6.45, 7) is 6.62. The molecule has 2 heteroatoms. The van der Waals surface area contributed by atoms with Crippen molar-refractivity contribution in [2.45, 2.75) is 70.9 Å². The molecule has 0 aromatic carbocycles. The Morgan fingerprint density at radius 3 is 2.47 bits per heavy atom. The van der Waals surface area contributed by atoms with E-state index < -0.39 is 5.60 Å². The molecule has 0 aromatic heterocycles. The van der Waals surface area contributed by atoms with Crippen molar-refractivity contribution < 1.29 is 5.11 Å². The number of hydrogen-bond donors (Lipinski definition) is 2. The highest BCUT2D eigenvalue weighted by atomic mass is 16.3. The van der Waals surface area contributed by atoms with E-state index in [9.17, 15) is 5.11 Å². The van der Waals surface area contributed by atoms with Gasteiger partial charge in [-0.3, -0.25) is 0 Å². The Bertz CT molecular complexity index is 168. The van der Waals surface area contributed by atoms with E-state index in [1.165, 1.54) is 38.5 Å². The molecule has 2 nitrogen and oxygen atoms in total. The quantitative estimate of drug-likeness (QED) is 0.711. The first-order valence-electron chi connectivity index (χ1n) is 6.43. The zero-order chi connectivity index (χ0) is 11.3. The molecular weight excluding hydrogens is 186 g/mol. The molecule has 0 spiro atoms. The molecule has 1 rings (SSSR count). The largest absolute Gasteiger partial charge is 0.389 e. The molecule has 0 aliphatic heterocycles. The van der Waals surface area contributed by atoms with Crippen LogP contribution >= 0.6 is 0 Å². The molecule has 90 valence electrons. The van der Waals surface area contributed by atoms with Crippen molar-refractivity contribution in [2.75, 3.05) is 6.54 Å². The van der Waals surface area contributed by atoms with Gasteiger partial charge in [-0.25, -0.2) is 0 Å². The average Bonchev–Trinajstić information content (AvgIpc) is 2.62. The molecule has 0 aromatic rings. The molecule has 1 unspecified atom stereocenters. The summed E-state index contributed by atoms with van der Waals surface area (Å²) < 4.78 is 0. The predicted octanol–water partition coefficient (Wildman–Crippen LogP) is 2.71. The van der Waals surface area contributed by atoms with E-state index in [0.29, 0.717) is 12.6 Å². The van der Waals surface area contributed by atoms with Crippen LogP contribution in [0.1, 0.15) is 59.3 Å². The van der Waals surface area contributed by atoms with Gasteiger partial charge >= 0.3 is 0 Å². The molecule has 1 fully saturated rings. The van der Waals surface area contributed by atoms with Crippen molar-refractivity contribution in [2.24, 2.45) is 5.92 Å². The monoisotopic (exact) mass is 213 g/mol. The van der Waals surface area contributed by atoms with E-state index in [0.717, 1.165) is 5.92 Å². The van der Waals surface area contributed by atoms with Gasteiger partial charge in [-0.1, -0.05) is 25.7 Å². The standard InChI is InChI=1S/C13H27NO/c1-11(14-10-13(2,3)15)8-9-12-6-4-5-7-12/h11-12,14-15H,4-10H2,1-3H3. The van der Waals surface area contributed by atoms with E-state index in [2.05, 4.69) is 12.2 Å². The normalized spacial score (nSPS) is 20.8. The van der Waals surface area contributed by atoms with Crippen LogP contribution in [0.15, 0.2) is 0 Å². The third kappa shape index (κ3) is 6.16. The topological polar surface area (TPSA) is 32.3 Å². The van der Waals surface area contributed by atoms with E-state index in [1.54, 1.807) is 0 Å². The van der Waals surface area contributed by atoms with Crippen molar-refractivity contribution in [3.05, 3.63) is 0 Å². The summed E-state index contributed by atoms with van der Waals surface area (Å²) in [6.07, 6.45) is 8.38. The van der Waals surface area contributed by atoms with E-state index in [1.807, 2.05) is 13.8 Å². The molecule has 2 N–H and O–H groups in total. The van der Waals surface area contributed by atoms with E-state index in [4.69, 9.17) is 0 Å². The van der Waals surface area contributed by atoms with Gasteiger partial charge in [-0.05, 0) is 39.5 Å². The van der Waals surface area contributed by atoms with Crippen LogP contribution in [0.5, 0.6) is 0 Å². The van der Waals surface area contributed by atoms with Crippen molar-refractivity contribution in [3.8, 4) is 0 Å². The SMILES string of the molecule is CC(CCC1CCCC1)NCC(C)(C)O. The van der Waals surface area contributed by atoms with Gasteiger partial charge < -0.3 is 10.4 Å². The van der Waals surface area contributed by atoms with Crippen LogP contribution in [0.4, 0.5) is 0 Å². The molecule has 1 atom stereocenters. The van der Waals surface area contributed by atoms with Crippen LogP contribution in [0.25, 0.3) is 0 Å². The van der Waals surface area contributed by atoms with E-state index >= 15 is 0 Å². The lowest BCUT2D eigenvalue weighted by Crippen LogP contribution is -2.39. The Hall–Kier alpha value is -0.0800. The molecule has 0 radical (unpaired) electrons. The summed E-state index contributed by atoms with van der Waals surface area (Å²) in [7, 11) is 0. The highest BCUT2D eigenvalue weighted by molar-refractivity contribution is 4.74. The molecular formula is C13H27NO. The summed E-state index contributed by atoms with van der Waals surface area (Å²) in [5.41, 5.74) is -0.582. The van der Waals surface area contributed by atoms with Gasteiger partial charge in [0.25, 0.3) is 0 Å². The molecule has 0 heterocycles. The van der Waals surface area contributed by atoms with Gasteiger partial charge in [0.15, 0.2) is 0 Å². The van der Waals surface area contributed by atoms with Gasteiger partial charge in [0.1, 0.15) is 0 Å². The summed E-state index contributed by atoms with van der Waals surface area (Å²) in [6, 6.07) is 0.539. The smallest absolute Gasteiger partial charge is 0.0715 e. The van der Waals surface area contributed by atoms with Gasteiger partial charge in [0.05, 0.1) is 5.60 Å². The average molecular weight is 213 g/mol. The molecule has 1 saturated carbocycles. The summed E-state index contributed by atoms with van der Waals surface area (Å²) in [4.78, 5) is 0. The number of rotatable bonds is 6. The highest BCUT2D eigenvalue weighted by Crippen LogP contribution is 2.28. The Morgan fingerprint density at radius 2 is 1.93 bits per heavy atom. The second kappa shape index (κ2) is 5.86. The molecule has 15 heavy (non-hydrogen) atoms. The third-order valence-corrected chi connectivity index (χ3v) is 3.37. The van der Waals surface area contributed by atoms with Crippen LogP contribution in [0.3, 0.4) is 0 Å². The summed E-state index contributed by atoms with van der Waals surface area (Å²) >= 11 is 0. The van der Waals surface area contributed by atoms with Gasteiger partial charge in [-0.15, -0.1) is 0 Å². The van der Waals surface area contributed by atoms with Crippen molar-refractivity contribution in [1.82, 2.24) is 5.32 Å². The molecule has 1 aliphatic rings. The first-order chi connectivity index (χ1) is 6.97. The van der Waals surface area contributed by atoms with Crippen LogP contribution in [0, 0.1) is 5.92 Å². The zero-order valence-electron chi connectivity index (χ0n) is 10.6. The van der Waals surface area contributed by atoms with Gasteiger partial charge in [0.2, 0.25) is 0 Å². The van der Waals surface area contributed by atoms with Crippen molar-refractivity contribution >= 4 is 0 Å². The lowest BCUT2D eigenvalue weighted by atomic mass is 9.99. The maximum atomic E-state index is 9.58. The minimum absolute atomic E-state index is 0.539. The third-order valence-electron chi connectivity index (χ3n) is 3.37.